The molecule has 0 aliphatic rings. The van der Waals surface area contributed by atoms with Crippen LogP contribution in [-0.2, 0) is 11.2 Å². The summed E-state index contributed by atoms with van der Waals surface area (Å²) in [6, 6.07) is 0. The third kappa shape index (κ3) is 4.55. The second-order valence-corrected chi connectivity index (χ2v) is 3.56. The van der Waals surface area contributed by atoms with Crippen molar-refractivity contribution in [3.05, 3.63) is 11.7 Å². The third-order valence-electron chi connectivity index (χ3n) is 1.77. The minimum absolute atomic E-state index is 0.0855. The number of carbonyl (C=O) groups is 1. The lowest BCUT2D eigenvalue weighted by atomic mass is 10.4. The lowest BCUT2D eigenvalue weighted by Gasteiger charge is -2.09. The standard InChI is InChI=1S/C9H16N4O2/c1-7-11-8(12-15-7)6-9(14)10-4-5-13(2)3/h4-6H2,1-3H3,(H,10,14). The average Bonchev–Trinajstić information content (AvgIpc) is 2.50. The Kier molecular flexibility index (Phi) is 4.23. The van der Waals surface area contributed by atoms with Gasteiger partial charge in [-0.3, -0.25) is 4.79 Å². The van der Waals surface area contributed by atoms with Crippen LogP contribution in [0, 0.1) is 6.92 Å². The van der Waals surface area contributed by atoms with Gasteiger partial charge in [-0.05, 0) is 14.1 Å². The normalized spacial score (nSPS) is 10.7. The zero-order chi connectivity index (χ0) is 11.3. The lowest BCUT2D eigenvalue weighted by molar-refractivity contribution is -0.120. The maximum atomic E-state index is 11.4. The molecule has 1 heterocycles. The molecular weight excluding hydrogens is 196 g/mol. The molecule has 84 valence electrons. The van der Waals surface area contributed by atoms with Crippen LogP contribution in [0.15, 0.2) is 4.52 Å². The Morgan fingerprint density at radius 2 is 2.27 bits per heavy atom. The van der Waals surface area contributed by atoms with Gasteiger partial charge >= 0.3 is 0 Å². The van der Waals surface area contributed by atoms with Crippen LogP contribution in [0.25, 0.3) is 0 Å². The zero-order valence-corrected chi connectivity index (χ0v) is 9.28. The molecule has 0 spiro atoms. The number of nitrogens with one attached hydrogen (secondary N) is 1. The van der Waals surface area contributed by atoms with Gasteiger partial charge in [0.15, 0.2) is 5.82 Å². The molecule has 1 aromatic rings. The Morgan fingerprint density at radius 3 is 2.80 bits per heavy atom. The summed E-state index contributed by atoms with van der Waals surface area (Å²) in [5.74, 6) is 0.818. The van der Waals surface area contributed by atoms with Crippen LogP contribution in [0.5, 0.6) is 0 Å². The van der Waals surface area contributed by atoms with Crippen molar-refractivity contribution in [1.29, 1.82) is 0 Å². The van der Waals surface area contributed by atoms with Gasteiger partial charge in [0, 0.05) is 20.0 Å². The highest BCUT2D eigenvalue weighted by atomic mass is 16.5. The molecule has 0 unspecified atom stereocenters. The number of likely N-dealkylation sites (N-methyl/N-ethyl adjacent to an activating group) is 1. The largest absolute Gasteiger partial charge is 0.354 e. The quantitative estimate of drug-likeness (QED) is 0.719. The highest BCUT2D eigenvalue weighted by molar-refractivity contribution is 5.77. The number of rotatable bonds is 5. The Hall–Kier alpha value is -1.43. The summed E-state index contributed by atoms with van der Waals surface area (Å²) in [6.07, 6.45) is 0.171. The summed E-state index contributed by atoms with van der Waals surface area (Å²) >= 11 is 0. The molecule has 0 aliphatic carbocycles. The number of amides is 1. The summed E-state index contributed by atoms with van der Waals surface area (Å²) in [6.45, 7) is 3.14. The van der Waals surface area contributed by atoms with Crippen molar-refractivity contribution in [2.45, 2.75) is 13.3 Å². The van der Waals surface area contributed by atoms with E-state index in [1.54, 1.807) is 6.92 Å². The van der Waals surface area contributed by atoms with Gasteiger partial charge in [0.1, 0.15) is 0 Å². The number of hydrogen-bond donors (Lipinski definition) is 1. The minimum atomic E-state index is -0.0855. The molecule has 1 amide bonds. The van der Waals surface area contributed by atoms with Crippen molar-refractivity contribution in [2.24, 2.45) is 0 Å². The number of aromatic nitrogens is 2. The predicted molar refractivity (Wildman–Crippen MR) is 54.3 cm³/mol. The molecule has 6 nitrogen and oxygen atoms in total. The average molecular weight is 212 g/mol. The summed E-state index contributed by atoms with van der Waals surface area (Å²) in [4.78, 5) is 17.3. The number of nitrogens with zero attached hydrogens (tertiary/aromatic N) is 3. The van der Waals surface area contributed by atoms with Gasteiger partial charge in [0.2, 0.25) is 11.8 Å². The number of carbonyl (C=O) groups excluding carboxylic acids is 1. The summed E-state index contributed by atoms with van der Waals surface area (Å²) in [5, 5.41) is 6.41. The third-order valence-corrected chi connectivity index (χ3v) is 1.77. The van der Waals surface area contributed by atoms with Gasteiger partial charge in [0.25, 0.3) is 0 Å². The molecular formula is C9H16N4O2. The molecule has 0 saturated carbocycles. The fourth-order valence-electron chi connectivity index (χ4n) is 1.04. The van der Waals surface area contributed by atoms with Gasteiger partial charge < -0.3 is 14.7 Å². The highest BCUT2D eigenvalue weighted by Gasteiger charge is 2.08. The van der Waals surface area contributed by atoms with Crippen molar-refractivity contribution in [2.75, 3.05) is 27.2 Å². The minimum Gasteiger partial charge on any atom is -0.354 e. The van der Waals surface area contributed by atoms with E-state index in [0.29, 0.717) is 18.3 Å². The first-order chi connectivity index (χ1) is 7.08. The van der Waals surface area contributed by atoms with Crippen molar-refractivity contribution in [1.82, 2.24) is 20.4 Å². The molecule has 1 rings (SSSR count). The molecule has 6 heteroatoms. The molecule has 0 aliphatic heterocycles. The Bertz CT molecular complexity index is 322. The Balaban J connectivity index is 2.24. The molecule has 1 aromatic heterocycles. The summed E-state index contributed by atoms with van der Waals surface area (Å²) in [7, 11) is 3.91. The second-order valence-electron chi connectivity index (χ2n) is 3.56. The van der Waals surface area contributed by atoms with E-state index >= 15 is 0 Å². The fourth-order valence-corrected chi connectivity index (χ4v) is 1.04. The van der Waals surface area contributed by atoms with E-state index < -0.39 is 0 Å². The van der Waals surface area contributed by atoms with Crippen molar-refractivity contribution in [3.8, 4) is 0 Å². The molecule has 0 aromatic carbocycles. The molecule has 0 fully saturated rings. The van der Waals surface area contributed by atoms with Crippen molar-refractivity contribution < 1.29 is 9.32 Å². The Labute approximate surface area is 88.6 Å². The van der Waals surface area contributed by atoms with Crippen LogP contribution in [-0.4, -0.2) is 48.1 Å². The molecule has 0 radical (unpaired) electrons. The number of hydrogen-bond acceptors (Lipinski definition) is 5. The van der Waals surface area contributed by atoms with Crippen LogP contribution >= 0.6 is 0 Å². The van der Waals surface area contributed by atoms with Gasteiger partial charge in [-0.1, -0.05) is 5.16 Å². The molecule has 15 heavy (non-hydrogen) atoms. The van der Waals surface area contributed by atoms with Crippen molar-refractivity contribution >= 4 is 5.91 Å². The topological polar surface area (TPSA) is 71.3 Å². The summed E-state index contributed by atoms with van der Waals surface area (Å²) < 4.78 is 4.76. The van der Waals surface area contributed by atoms with E-state index in [4.69, 9.17) is 4.52 Å². The smallest absolute Gasteiger partial charge is 0.227 e. The first-order valence-electron chi connectivity index (χ1n) is 4.78. The van der Waals surface area contributed by atoms with E-state index in [9.17, 15) is 4.79 Å². The molecule has 1 N–H and O–H groups in total. The van der Waals surface area contributed by atoms with E-state index in [1.807, 2.05) is 19.0 Å². The van der Waals surface area contributed by atoms with E-state index in [0.717, 1.165) is 6.54 Å². The van der Waals surface area contributed by atoms with Crippen LogP contribution < -0.4 is 5.32 Å². The van der Waals surface area contributed by atoms with Gasteiger partial charge in [-0.15, -0.1) is 0 Å². The van der Waals surface area contributed by atoms with Gasteiger partial charge in [-0.2, -0.15) is 4.98 Å². The number of aryl methyl sites for hydroxylation is 1. The predicted octanol–water partition coefficient (Wildman–Crippen LogP) is -0.402. The van der Waals surface area contributed by atoms with E-state index in [-0.39, 0.29) is 12.3 Å². The summed E-state index contributed by atoms with van der Waals surface area (Å²) in [5.41, 5.74) is 0. The first-order valence-corrected chi connectivity index (χ1v) is 4.78. The highest BCUT2D eigenvalue weighted by Crippen LogP contribution is 1.95. The van der Waals surface area contributed by atoms with Crippen molar-refractivity contribution in [3.63, 3.8) is 0 Å². The van der Waals surface area contributed by atoms with Gasteiger partial charge in [-0.25, -0.2) is 0 Å². The Morgan fingerprint density at radius 1 is 1.53 bits per heavy atom. The molecule has 0 bridgehead atoms. The van der Waals surface area contributed by atoms with Crippen LogP contribution in [0.2, 0.25) is 0 Å². The maximum Gasteiger partial charge on any atom is 0.227 e. The lowest BCUT2D eigenvalue weighted by Crippen LogP contribution is -2.32. The van der Waals surface area contributed by atoms with E-state index in [1.165, 1.54) is 0 Å². The monoisotopic (exact) mass is 212 g/mol. The SMILES string of the molecule is Cc1nc(CC(=O)NCCN(C)C)no1. The molecule has 0 saturated heterocycles. The van der Waals surface area contributed by atoms with Gasteiger partial charge in [0.05, 0.1) is 6.42 Å². The first kappa shape index (κ1) is 11.6. The van der Waals surface area contributed by atoms with Crippen LogP contribution in [0.3, 0.4) is 0 Å². The second kappa shape index (κ2) is 5.45. The van der Waals surface area contributed by atoms with E-state index in [2.05, 4.69) is 15.5 Å². The zero-order valence-electron chi connectivity index (χ0n) is 9.28. The molecule has 0 atom stereocenters. The fraction of sp³-hybridized carbons (Fsp3) is 0.667. The van der Waals surface area contributed by atoms with Crippen LogP contribution in [0.1, 0.15) is 11.7 Å². The van der Waals surface area contributed by atoms with Crippen LogP contribution in [0.4, 0.5) is 0 Å². The maximum absolute atomic E-state index is 11.4.